The molecule has 0 saturated carbocycles. The van der Waals surface area contributed by atoms with Gasteiger partial charge in [-0.3, -0.25) is 9.59 Å². The maximum Gasteiger partial charge on any atom is 0.308 e. The molecule has 1 amide bonds. The van der Waals surface area contributed by atoms with E-state index in [-0.39, 0.29) is 5.56 Å². The molecule has 0 fully saturated rings. The number of benzene rings is 1. The number of amides is 1. The van der Waals surface area contributed by atoms with Crippen molar-refractivity contribution in [2.75, 3.05) is 7.11 Å². The number of hydrogen-bond donors (Lipinski definition) is 2. The first kappa shape index (κ1) is 14.9. The number of hydrogen-bond acceptors (Lipinski definition) is 3. The zero-order valence-corrected chi connectivity index (χ0v) is 10.9. The molecule has 0 bridgehead atoms. The van der Waals surface area contributed by atoms with E-state index >= 15 is 0 Å². The summed E-state index contributed by atoms with van der Waals surface area (Å²) in [5, 5.41) is 11.3. The number of aliphatic carboxylic acids is 1. The van der Waals surface area contributed by atoms with Gasteiger partial charge in [-0.25, -0.2) is 4.39 Å². The van der Waals surface area contributed by atoms with Crippen molar-refractivity contribution < 1.29 is 23.8 Å². The van der Waals surface area contributed by atoms with E-state index in [9.17, 15) is 14.0 Å². The van der Waals surface area contributed by atoms with Crippen LogP contribution in [0.4, 0.5) is 4.39 Å². The molecule has 6 heteroatoms. The molecule has 104 valence electrons. The molecule has 0 spiro atoms. The van der Waals surface area contributed by atoms with Crippen LogP contribution < -0.4 is 10.1 Å². The molecule has 2 atom stereocenters. The van der Waals surface area contributed by atoms with Crippen molar-refractivity contribution in [3.8, 4) is 5.75 Å². The van der Waals surface area contributed by atoms with Gasteiger partial charge in [0, 0.05) is 12.1 Å². The van der Waals surface area contributed by atoms with Crippen LogP contribution in [0.5, 0.6) is 5.75 Å². The van der Waals surface area contributed by atoms with E-state index < -0.39 is 29.7 Å². The standard InChI is InChI=1S/C13H16FNO4/c1-7(13(17)18)8(2)15-12(16)10-5-4-9(19-3)6-11(10)14/h4-8H,1-3H3,(H,15,16)(H,17,18). The highest BCUT2D eigenvalue weighted by molar-refractivity contribution is 5.95. The summed E-state index contributed by atoms with van der Waals surface area (Å²) in [5.41, 5.74) is -0.148. The SMILES string of the molecule is COc1ccc(C(=O)NC(C)C(C)C(=O)O)c(F)c1. The highest BCUT2D eigenvalue weighted by Gasteiger charge is 2.22. The Hall–Kier alpha value is -2.11. The van der Waals surface area contributed by atoms with Crippen LogP contribution in [-0.2, 0) is 4.79 Å². The lowest BCUT2D eigenvalue weighted by molar-refractivity contribution is -0.141. The monoisotopic (exact) mass is 269 g/mol. The summed E-state index contributed by atoms with van der Waals surface area (Å²) < 4.78 is 18.5. The van der Waals surface area contributed by atoms with Crippen molar-refractivity contribution in [1.82, 2.24) is 5.32 Å². The van der Waals surface area contributed by atoms with E-state index in [0.29, 0.717) is 5.75 Å². The third kappa shape index (κ3) is 3.67. The Balaban J connectivity index is 2.81. The largest absolute Gasteiger partial charge is 0.497 e. The minimum absolute atomic E-state index is 0.148. The smallest absolute Gasteiger partial charge is 0.308 e. The fourth-order valence-corrected chi connectivity index (χ4v) is 1.43. The topological polar surface area (TPSA) is 75.6 Å². The lowest BCUT2D eigenvalue weighted by Crippen LogP contribution is -2.40. The quantitative estimate of drug-likeness (QED) is 0.852. The molecule has 2 unspecified atom stereocenters. The van der Waals surface area contributed by atoms with Crippen LogP contribution >= 0.6 is 0 Å². The number of methoxy groups -OCH3 is 1. The second kappa shape index (κ2) is 6.17. The molecular formula is C13H16FNO4. The number of nitrogens with one attached hydrogen (secondary N) is 1. The second-order valence-corrected chi connectivity index (χ2v) is 4.23. The van der Waals surface area contributed by atoms with E-state index in [1.807, 2.05) is 0 Å². The predicted molar refractivity (Wildman–Crippen MR) is 66.7 cm³/mol. The van der Waals surface area contributed by atoms with Crippen molar-refractivity contribution in [3.63, 3.8) is 0 Å². The molecule has 1 aromatic rings. The molecule has 0 aliphatic carbocycles. The lowest BCUT2D eigenvalue weighted by Gasteiger charge is -2.18. The third-order valence-corrected chi connectivity index (χ3v) is 2.92. The van der Waals surface area contributed by atoms with Gasteiger partial charge in [0.25, 0.3) is 5.91 Å². The molecule has 5 nitrogen and oxygen atoms in total. The van der Waals surface area contributed by atoms with Crippen LogP contribution in [0.25, 0.3) is 0 Å². The first-order valence-corrected chi connectivity index (χ1v) is 5.74. The first-order valence-electron chi connectivity index (χ1n) is 5.74. The van der Waals surface area contributed by atoms with E-state index in [1.54, 1.807) is 6.92 Å². The highest BCUT2D eigenvalue weighted by Crippen LogP contribution is 2.16. The molecule has 0 aromatic heterocycles. The summed E-state index contributed by atoms with van der Waals surface area (Å²) in [5.74, 6) is -2.85. The lowest BCUT2D eigenvalue weighted by atomic mass is 10.0. The number of ether oxygens (including phenoxy) is 1. The zero-order valence-electron chi connectivity index (χ0n) is 10.9. The average Bonchev–Trinajstić information content (AvgIpc) is 2.36. The number of carbonyl (C=O) groups excluding carboxylic acids is 1. The van der Waals surface area contributed by atoms with Gasteiger partial charge in [-0.2, -0.15) is 0 Å². The number of carboxylic acid groups (broad SMARTS) is 1. The van der Waals surface area contributed by atoms with Gasteiger partial charge in [0.05, 0.1) is 18.6 Å². The molecule has 0 aliphatic rings. The van der Waals surface area contributed by atoms with Crippen molar-refractivity contribution in [3.05, 3.63) is 29.6 Å². The van der Waals surface area contributed by atoms with Crippen LogP contribution in [0.2, 0.25) is 0 Å². The molecule has 0 radical (unpaired) electrons. The third-order valence-electron chi connectivity index (χ3n) is 2.92. The molecule has 1 rings (SSSR count). The van der Waals surface area contributed by atoms with Crippen molar-refractivity contribution in [2.45, 2.75) is 19.9 Å². The zero-order chi connectivity index (χ0) is 14.6. The van der Waals surface area contributed by atoms with E-state index in [0.717, 1.165) is 6.07 Å². The van der Waals surface area contributed by atoms with Crippen LogP contribution in [0.15, 0.2) is 18.2 Å². The average molecular weight is 269 g/mol. The number of rotatable bonds is 5. The Kier molecular flexibility index (Phi) is 4.86. The van der Waals surface area contributed by atoms with E-state index in [2.05, 4.69) is 5.32 Å². The van der Waals surface area contributed by atoms with Gasteiger partial charge in [0.15, 0.2) is 0 Å². The van der Waals surface area contributed by atoms with Crippen LogP contribution in [0.3, 0.4) is 0 Å². The second-order valence-electron chi connectivity index (χ2n) is 4.23. The first-order chi connectivity index (χ1) is 8.86. The van der Waals surface area contributed by atoms with Gasteiger partial charge in [0.2, 0.25) is 0 Å². The Morgan fingerprint density at radius 2 is 2.00 bits per heavy atom. The predicted octanol–water partition coefficient (Wildman–Crippen LogP) is 1.67. The summed E-state index contributed by atoms with van der Waals surface area (Å²) in [4.78, 5) is 22.6. The Bertz CT molecular complexity index is 490. The number of halogens is 1. The summed E-state index contributed by atoms with van der Waals surface area (Å²) in [7, 11) is 1.39. The molecule has 19 heavy (non-hydrogen) atoms. The minimum atomic E-state index is -1.02. The van der Waals surface area contributed by atoms with Gasteiger partial charge in [-0.05, 0) is 26.0 Å². The Morgan fingerprint density at radius 1 is 1.37 bits per heavy atom. The Morgan fingerprint density at radius 3 is 2.47 bits per heavy atom. The van der Waals surface area contributed by atoms with Gasteiger partial charge >= 0.3 is 5.97 Å². The number of carboxylic acids is 1. The van der Waals surface area contributed by atoms with Crippen LogP contribution in [0.1, 0.15) is 24.2 Å². The fraction of sp³-hybridized carbons (Fsp3) is 0.385. The molecular weight excluding hydrogens is 253 g/mol. The van der Waals surface area contributed by atoms with Crippen LogP contribution in [-0.4, -0.2) is 30.1 Å². The van der Waals surface area contributed by atoms with Gasteiger partial charge in [-0.1, -0.05) is 0 Å². The molecule has 0 aliphatic heterocycles. The molecule has 2 N–H and O–H groups in total. The minimum Gasteiger partial charge on any atom is -0.497 e. The molecule has 0 heterocycles. The van der Waals surface area contributed by atoms with E-state index in [4.69, 9.17) is 9.84 Å². The molecule has 1 aromatic carbocycles. The summed E-state index contributed by atoms with van der Waals surface area (Å²) in [6, 6.07) is 3.25. The number of carbonyl (C=O) groups is 2. The maximum atomic E-state index is 13.6. The summed E-state index contributed by atoms with van der Waals surface area (Å²) in [6.07, 6.45) is 0. The van der Waals surface area contributed by atoms with Gasteiger partial charge in [-0.15, -0.1) is 0 Å². The molecule has 0 saturated heterocycles. The van der Waals surface area contributed by atoms with E-state index in [1.165, 1.54) is 26.2 Å². The van der Waals surface area contributed by atoms with Gasteiger partial charge in [0.1, 0.15) is 11.6 Å². The normalized spacial score (nSPS) is 13.5. The highest BCUT2D eigenvalue weighted by atomic mass is 19.1. The van der Waals surface area contributed by atoms with Crippen molar-refractivity contribution in [2.24, 2.45) is 5.92 Å². The van der Waals surface area contributed by atoms with Crippen molar-refractivity contribution >= 4 is 11.9 Å². The Labute approximate surface area is 110 Å². The fourth-order valence-electron chi connectivity index (χ4n) is 1.43. The summed E-state index contributed by atoms with van der Waals surface area (Å²) >= 11 is 0. The maximum absolute atomic E-state index is 13.6. The van der Waals surface area contributed by atoms with Crippen LogP contribution in [0, 0.1) is 11.7 Å². The van der Waals surface area contributed by atoms with Gasteiger partial charge < -0.3 is 15.2 Å². The summed E-state index contributed by atoms with van der Waals surface area (Å²) in [6.45, 7) is 3.02. The van der Waals surface area contributed by atoms with Crippen molar-refractivity contribution in [1.29, 1.82) is 0 Å².